The lowest BCUT2D eigenvalue weighted by Crippen LogP contribution is -2.33. The molecule has 1 heterocycles. The molecule has 178 valence electrons. The predicted molar refractivity (Wildman–Crippen MR) is 118 cm³/mol. The Hall–Kier alpha value is -3.55. The zero-order chi connectivity index (χ0) is 24.5. The molecule has 0 saturated carbocycles. The number of carbonyl (C=O) groups is 1. The minimum absolute atomic E-state index is 0.00202. The summed E-state index contributed by atoms with van der Waals surface area (Å²) in [6, 6.07) is 15.1. The van der Waals surface area contributed by atoms with Crippen LogP contribution in [0.3, 0.4) is 0 Å². The number of hydrogen-bond donors (Lipinski definition) is 0. The van der Waals surface area contributed by atoms with Crippen LogP contribution in [0.2, 0.25) is 0 Å². The summed E-state index contributed by atoms with van der Waals surface area (Å²) in [5.74, 6) is 0.0759. The molecule has 0 saturated heterocycles. The van der Waals surface area contributed by atoms with Gasteiger partial charge in [0, 0.05) is 12.1 Å². The van der Waals surface area contributed by atoms with E-state index in [1.165, 1.54) is 24.3 Å². The minimum Gasteiger partial charge on any atom is -0.491 e. The molecule has 8 heteroatoms. The van der Waals surface area contributed by atoms with E-state index < -0.39 is 23.6 Å². The number of amides is 1. The SMILES string of the molecule is CC(C)Oc1ccc(C(COc2ccc(C(F)(F)F)cc2)N2Cc3ccc(F)cc3C2=O)cc1. The summed E-state index contributed by atoms with van der Waals surface area (Å²) >= 11 is 0. The lowest BCUT2D eigenvalue weighted by Gasteiger charge is -2.28. The number of benzene rings is 3. The Morgan fingerprint density at radius 2 is 1.59 bits per heavy atom. The summed E-state index contributed by atoms with van der Waals surface area (Å²) in [7, 11) is 0. The third-order valence-electron chi connectivity index (χ3n) is 5.51. The molecule has 4 nitrogen and oxygen atoms in total. The van der Waals surface area contributed by atoms with Gasteiger partial charge in [-0.15, -0.1) is 0 Å². The van der Waals surface area contributed by atoms with Crippen LogP contribution < -0.4 is 9.47 Å². The van der Waals surface area contributed by atoms with Gasteiger partial charge in [-0.05, 0) is 73.5 Å². The molecule has 0 aromatic heterocycles. The Balaban J connectivity index is 1.59. The molecule has 3 aromatic rings. The monoisotopic (exact) mass is 473 g/mol. The van der Waals surface area contributed by atoms with Crippen molar-refractivity contribution in [2.45, 2.75) is 38.7 Å². The van der Waals surface area contributed by atoms with Crippen molar-refractivity contribution in [2.75, 3.05) is 6.61 Å². The maximum Gasteiger partial charge on any atom is 0.416 e. The molecular weight excluding hydrogens is 450 g/mol. The molecule has 4 rings (SSSR count). The number of rotatable bonds is 7. The minimum atomic E-state index is -4.44. The van der Waals surface area contributed by atoms with Crippen molar-refractivity contribution in [1.82, 2.24) is 4.90 Å². The summed E-state index contributed by atoms with van der Waals surface area (Å²) in [6.45, 7) is 4.08. The highest BCUT2D eigenvalue weighted by molar-refractivity contribution is 5.98. The van der Waals surface area contributed by atoms with Crippen molar-refractivity contribution in [3.8, 4) is 11.5 Å². The van der Waals surface area contributed by atoms with E-state index >= 15 is 0 Å². The third-order valence-corrected chi connectivity index (χ3v) is 5.51. The Morgan fingerprint density at radius 1 is 0.941 bits per heavy atom. The molecule has 1 unspecified atom stereocenters. The van der Waals surface area contributed by atoms with Gasteiger partial charge in [0.2, 0.25) is 0 Å². The van der Waals surface area contributed by atoms with Gasteiger partial charge < -0.3 is 14.4 Å². The summed E-state index contributed by atoms with van der Waals surface area (Å²) < 4.78 is 63.8. The van der Waals surface area contributed by atoms with Crippen LogP contribution in [0.4, 0.5) is 17.6 Å². The fraction of sp³-hybridized carbons (Fsp3) is 0.269. The van der Waals surface area contributed by atoms with Gasteiger partial charge >= 0.3 is 6.18 Å². The Bertz CT molecular complexity index is 1160. The van der Waals surface area contributed by atoms with Crippen LogP contribution in [0.1, 0.15) is 46.9 Å². The quantitative estimate of drug-likeness (QED) is 0.373. The van der Waals surface area contributed by atoms with Crippen LogP contribution in [0.25, 0.3) is 0 Å². The molecule has 0 spiro atoms. The van der Waals surface area contributed by atoms with Gasteiger partial charge in [-0.3, -0.25) is 4.79 Å². The fourth-order valence-corrected chi connectivity index (χ4v) is 3.87. The van der Waals surface area contributed by atoms with Crippen LogP contribution in [-0.4, -0.2) is 23.5 Å². The van der Waals surface area contributed by atoms with Crippen molar-refractivity contribution >= 4 is 5.91 Å². The average Bonchev–Trinajstić information content (AvgIpc) is 3.10. The van der Waals surface area contributed by atoms with Gasteiger partial charge in [0.1, 0.15) is 23.9 Å². The van der Waals surface area contributed by atoms with Gasteiger partial charge in [0.15, 0.2) is 0 Å². The first-order valence-corrected chi connectivity index (χ1v) is 10.8. The van der Waals surface area contributed by atoms with Crippen LogP contribution >= 0.6 is 0 Å². The highest BCUT2D eigenvalue weighted by Crippen LogP contribution is 2.34. The lowest BCUT2D eigenvalue weighted by molar-refractivity contribution is -0.137. The second kappa shape index (κ2) is 9.37. The largest absolute Gasteiger partial charge is 0.491 e. The van der Waals surface area contributed by atoms with Crippen LogP contribution in [-0.2, 0) is 12.7 Å². The molecule has 1 amide bonds. The molecule has 0 fully saturated rings. The van der Waals surface area contributed by atoms with E-state index in [4.69, 9.17) is 9.47 Å². The zero-order valence-corrected chi connectivity index (χ0v) is 18.6. The average molecular weight is 473 g/mol. The number of halogens is 4. The van der Waals surface area contributed by atoms with Crippen LogP contribution in [0.15, 0.2) is 66.7 Å². The smallest absolute Gasteiger partial charge is 0.416 e. The van der Waals surface area contributed by atoms with Gasteiger partial charge in [-0.25, -0.2) is 4.39 Å². The van der Waals surface area contributed by atoms with Crippen molar-refractivity contribution in [3.05, 3.63) is 94.8 Å². The van der Waals surface area contributed by atoms with Gasteiger partial charge in [0.05, 0.1) is 17.7 Å². The Morgan fingerprint density at radius 3 is 2.21 bits per heavy atom. The molecule has 1 aliphatic heterocycles. The molecule has 3 aromatic carbocycles. The molecule has 0 bridgehead atoms. The van der Waals surface area contributed by atoms with E-state index in [1.54, 1.807) is 23.1 Å². The molecule has 0 aliphatic carbocycles. The maximum absolute atomic E-state index is 13.7. The van der Waals surface area contributed by atoms with E-state index in [1.807, 2.05) is 26.0 Å². The summed E-state index contributed by atoms with van der Waals surface area (Å²) in [4.78, 5) is 14.7. The van der Waals surface area contributed by atoms with Crippen LogP contribution in [0, 0.1) is 5.82 Å². The van der Waals surface area contributed by atoms with Gasteiger partial charge in [-0.1, -0.05) is 18.2 Å². The van der Waals surface area contributed by atoms with Crippen molar-refractivity contribution in [3.63, 3.8) is 0 Å². The Labute approximate surface area is 194 Å². The van der Waals surface area contributed by atoms with Crippen molar-refractivity contribution in [1.29, 1.82) is 0 Å². The van der Waals surface area contributed by atoms with E-state index in [-0.39, 0.29) is 30.9 Å². The fourth-order valence-electron chi connectivity index (χ4n) is 3.87. The molecule has 34 heavy (non-hydrogen) atoms. The first-order valence-electron chi connectivity index (χ1n) is 10.8. The first-order chi connectivity index (χ1) is 16.1. The predicted octanol–water partition coefficient (Wildman–Crippen LogP) is 6.41. The maximum atomic E-state index is 13.7. The topological polar surface area (TPSA) is 38.8 Å². The van der Waals surface area contributed by atoms with Crippen molar-refractivity contribution < 1.29 is 31.8 Å². The van der Waals surface area contributed by atoms with Crippen molar-refractivity contribution in [2.24, 2.45) is 0 Å². The number of alkyl halides is 3. The van der Waals surface area contributed by atoms with E-state index in [2.05, 4.69) is 0 Å². The molecule has 1 atom stereocenters. The summed E-state index contributed by atoms with van der Waals surface area (Å²) in [5.41, 5.74) is 0.971. The number of ether oxygens (including phenoxy) is 2. The summed E-state index contributed by atoms with van der Waals surface area (Å²) in [5, 5.41) is 0. The Kier molecular flexibility index (Phi) is 6.50. The molecule has 0 N–H and O–H groups in total. The summed E-state index contributed by atoms with van der Waals surface area (Å²) in [6.07, 6.45) is -4.45. The first kappa shape index (κ1) is 23.6. The van der Waals surface area contributed by atoms with E-state index in [0.29, 0.717) is 16.9 Å². The van der Waals surface area contributed by atoms with Gasteiger partial charge in [-0.2, -0.15) is 13.2 Å². The van der Waals surface area contributed by atoms with Crippen LogP contribution in [0.5, 0.6) is 11.5 Å². The number of fused-ring (bicyclic) bond motifs is 1. The zero-order valence-electron chi connectivity index (χ0n) is 18.6. The van der Waals surface area contributed by atoms with E-state index in [0.717, 1.165) is 17.7 Å². The molecule has 1 aliphatic rings. The highest BCUT2D eigenvalue weighted by Gasteiger charge is 2.34. The van der Waals surface area contributed by atoms with E-state index in [9.17, 15) is 22.4 Å². The molecular formula is C26H23F4NO3. The third kappa shape index (κ3) is 5.16. The normalized spacial score (nSPS) is 14.3. The second-order valence-electron chi connectivity index (χ2n) is 8.32. The lowest BCUT2D eigenvalue weighted by atomic mass is 10.1. The standard InChI is InChI=1S/C26H23F4NO3/c1-16(2)34-22-9-4-17(5-10-22)24(15-33-21-11-6-19(7-12-21)26(28,29)30)31-14-18-3-8-20(27)13-23(18)25(31)32/h3-13,16,24H,14-15H2,1-2H3. The second-order valence-corrected chi connectivity index (χ2v) is 8.32. The highest BCUT2D eigenvalue weighted by atomic mass is 19.4. The van der Waals surface area contributed by atoms with Gasteiger partial charge in [0.25, 0.3) is 5.91 Å². The molecule has 0 radical (unpaired) electrons. The number of carbonyl (C=O) groups excluding carboxylic acids is 1. The number of nitrogens with zero attached hydrogens (tertiary/aromatic N) is 1. The number of hydrogen-bond acceptors (Lipinski definition) is 3.